The van der Waals surface area contributed by atoms with E-state index in [2.05, 4.69) is 27.4 Å². The molecule has 0 radical (unpaired) electrons. The van der Waals surface area contributed by atoms with E-state index in [4.69, 9.17) is 11.5 Å². The summed E-state index contributed by atoms with van der Waals surface area (Å²) in [7, 11) is 2.00. The number of nitrogens with two attached hydrogens (primary N) is 2. The highest BCUT2D eigenvalue weighted by atomic mass is 19.4. The van der Waals surface area contributed by atoms with Crippen molar-refractivity contribution in [1.82, 2.24) is 20.4 Å². The van der Waals surface area contributed by atoms with E-state index < -0.39 is 11.7 Å². The molecule has 222 valence electrons. The summed E-state index contributed by atoms with van der Waals surface area (Å²) >= 11 is 0. The van der Waals surface area contributed by atoms with Crippen LogP contribution in [0.2, 0.25) is 0 Å². The molecule has 6 N–H and O–H groups in total. The number of amides is 1. The third kappa shape index (κ3) is 10.3. The molecule has 1 aliphatic carbocycles. The number of halogens is 3. The lowest BCUT2D eigenvalue weighted by Gasteiger charge is -2.33. The van der Waals surface area contributed by atoms with Crippen molar-refractivity contribution in [2.45, 2.75) is 45.3 Å². The molecule has 1 saturated carbocycles. The zero-order valence-corrected chi connectivity index (χ0v) is 24.1. The minimum atomic E-state index is -4.41. The summed E-state index contributed by atoms with van der Waals surface area (Å²) in [6.45, 7) is 6.32. The second kappa shape index (κ2) is 14.8. The summed E-state index contributed by atoms with van der Waals surface area (Å²) in [6, 6.07) is 5.56. The van der Waals surface area contributed by atoms with E-state index in [1.54, 1.807) is 36.4 Å². The van der Waals surface area contributed by atoms with Crippen LogP contribution in [0, 0.1) is 18.8 Å². The van der Waals surface area contributed by atoms with E-state index in [-0.39, 0.29) is 24.6 Å². The lowest BCUT2D eigenvalue weighted by molar-refractivity contribution is -0.0922. The van der Waals surface area contributed by atoms with Crippen LogP contribution in [0.25, 0.3) is 0 Å². The Bertz CT molecular complexity index is 1260. The van der Waals surface area contributed by atoms with Crippen LogP contribution in [0.3, 0.4) is 0 Å². The molecule has 1 heterocycles. The molecule has 41 heavy (non-hydrogen) atoms. The molecule has 10 heteroatoms. The SMILES string of the molecule is C/C(=C(\C=C/CNC(=O)c1ccc(C)c(C#C/C(N)=C/C=C(\N)NC2CCC2)c1)CN1CCN(C)CC1)C(F)(F)F. The van der Waals surface area contributed by atoms with Gasteiger partial charge >= 0.3 is 6.18 Å². The number of alkyl halides is 3. The minimum absolute atomic E-state index is 0.0867. The molecule has 2 aliphatic rings. The van der Waals surface area contributed by atoms with Crippen molar-refractivity contribution in [2.24, 2.45) is 11.5 Å². The number of hydrogen-bond donors (Lipinski definition) is 4. The standard InChI is InChI=1S/C31H41F3N6O/c1-22-9-10-25(20-24(22)11-12-27(35)13-14-29(36)38-28-7-4-8-28)30(41)37-15-5-6-26(23(2)31(32,33)34)21-40-18-16-39(3)17-19-40/h5-6,9-10,13-14,20,28,38H,4,7-8,15-19,21,35-36H2,1-3H3,(H,37,41)/b6-5-,26-23-,27-13-,29-14+. The maximum absolute atomic E-state index is 13.5. The molecule has 0 spiro atoms. The fourth-order valence-electron chi connectivity index (χ4n) is 4.28. The van der Waals surface area contributed by atoms with Crippen molar-refractivity contribution < 1.29 is 18.0 Å². The van der Waals surface area contributed by atoms with Crippen LogP contribution in [-0.4, -0.2) is 74.2 Å². The molecular weight excluding hydrogens is 529 g/mol. The summed E-state index contributed by atoms with van der Waals surface area (Å²) in [6.07, 6.45) is 5.36. The van der Waals surface area contributed by atoms with Crippen LogP contribution in [-0.2, 0) is 0 Å². The lowest BCUT2D eigenvalue weighted by Crippen LogP contribution is -2.45. The van der Waals surface area contributed by atoms with Crippen LogP contribution in [0.15, 0.2) is 65.2 Å². The second-order valence-corrected chi connectivity index (χ2v) is 10.6. The van der Waals surface area contributed by atoms with Crippen molar-refractivity contribution in [3.63, 3.8) is 0 Å². The van der Waals surface area contributed by atoms with Gasteiger partial charge in [-0.1, -0.05) is 24.1 Å². The fraction of sp³-hybridized carbons (Fsp3) is 0.452. The summed E-state index contributed by atoms with van der Waals surface area (Å²) in [5.74, 6) is 6.07. The predicted octanol–water partition coefficient (Wildman–Crippen LogP) is 3.54. The maximum Gasteiger partial charge on any atom is 0.412 e. The summed E-state index contributed by atoms with van der Waals surface area (Å²) in [4.78, 5) is 16.9. The Balaban J connectivity index is 1.61. The first kappa shape index (κ1) is 31.8. The molecule has 0 atom stereocenters. The zero-order valence-electron chi connectivity index (χ0n) is 24.1. The number of rotatable bonds is 9. The molecule has 1 aliphatic heterocycles. The number of hydrogen-bond acceptors (Lipinski definition) is 6. The Kier molecular flexibility index (Phi) is 11.5. The lowest BCUT2D eigenvalue weighted by atomic mass is 9.93. The Morgan fingerprint density at radius 2 is 1.85 bits per heavy atom. The van der Waals surface area contributed by atoms with E-state index in [0.717, 1.165) is 38.4 Å². The monoisotopic (exact) mass is 570 g/mol. The smallest absolute Gasteiger partial charge is 0.392 e. The second-order valence-electron chi connectivity index (χ2n) is 10.6. The molecule has 2 fully saturated rings. The molecule has 0 bridgehead atoms. The normalized spacial score (nSPS) is 18.4. The number of carbonyl (C=O) groups is 1. The van der Waals surface area contributed by atoms with E-state index >= 15 is 0 Å². The highest BCUT2D eigenvalue weighted by molar-refractivity contribution is 5.94. The highest BCUT2D eigenvalue weighted by Gasteiger charge is 2.32. The van der Waals surface area contributed by atoms with Gasteiger partial charge in [0.25, 0.3) is 5.91 Å². The van der Waals surface area contributed by atoms with E-state index in [1.807, 2.05) is 18.9 Å². The van der Waals surface area contributed by atoms with Crippen LogP contribution < -0.4 is 22.1 Å². The average Bonchev–Trinajstić information content (AvgIpc) is 2.90. The summed E-state index contributed by atoms with van der Waals surface area (Å²) < 4.78 is 40.4. The van der Waals surface area contributed by atoms with Crippen molar-refractivity contribution in [3.8, 4) is 11.8 Å². The molecule has 1 amide bonds. The van der Waals surface area contributed by atoms with Gasteiger partial charge in [0.05, 0.1) is 11.5 Å². The van der Waals surface area contributed by atoms with Crippen molar-refractivity contribution in [1.29, 1.82) is 0 Å². The summed E-state index contributed by atoms with van der Waals surface area (Å²) in [5, 5.41) is 5.97. The number of aryl methyl sites for hydroxylation is 1. The first-order chi connectivity index (χ1) is 19.4. The number of benzene rings is 1. The van der Waals surface area contributed by atoms with Gasteiger partial charge in [-0.25, -0.2) is 0 Å². The quantitative estimate of drug-likeness (QED) is 0.268. The van der Waals surface area contributed by atoms with Gasteiger partial charge in [0.15, 0.2) is 0 Å². The molecule has 7 nitrogen and oxygen atoms in total. The molecule has 1 aromatic carbocycles. The van der Waals surface area contributed by atoms with Gasteiger partial charge in [-0.15, -0.1) is 0 Å². The van der Waals surface area contributed by atoms with E-state index in [1.165, 1.54) is 12.5 Å². The van der Waals surface area contributed by atoms with Crippen molar-refractivity contribution >= 4 is 5.91 Å². The van der Waals surface area contributed by atoms with Gasteiger partial charge in [0.1, 0.15) is 0 Å². The van der Waals surface area contributed by atoms with Crippen LogP contribution in [0.4, 0.5) is 13.2 Å². The third-order valence-corrected chi connectivity index (χ3v) is 7.36. The first-order valence-electron chi connectivity index (χ1n) is 13.9. The third-order valence-electron chi connectivity index (χ3n) is 7.36. The van der Waals surface area contributed by atoms with Gasteiger partial charge in [-0.3, -0.25) is 9.69 Å². The van der Waals surface area contributed by atoms with Crippen LogP contribution in [0.5, 0.6) is 0 Å². The van der Waals surface area contributed by atoms with E-state index in [0.29, 0.717) is 41.8 Å². The Morgan fingerprint density at radius 3 is 2.49 bits per heavy atom. The Labute approximate surface area is 241 Å². The van der Waals surface area contributed by atoms with Gasteiger partial charge in [0.2, 0.25) is 0 Å². The van der Waals surface area contributed by atoms with E-state index in [9.17, 15) is 18.0 Å². The van der Waals surface area contributed by atoms with Crippen LogP contribution >= 0.6 is 0 Å². The topological polar surface area (TPSA) is 99.6 Å². The zero-order chi connectivity index (χ0) is 30.0. The average molecular weight is 571 g/mol. The fourth-order valence-corrected chi connectivity index (χ4v) is 4.28. The number of nitrogens with one attached hydrogen (secondary N) is 2. The van der Waals surface area contributed by atoms with Crippen LogP contribution in [0.1, 0.15) is 47.7 Å². The number of carbonyl (C=O) groups excluding carboxylic acids is 1. The molecular formula is C31H41F3N6O. The van der Waals surface area contributed by atoms with Gasteiger partial charge in [0, 0.05) is 62.0 Å². The van der Waals surface area contributed by atoms with Gasteiger partial charge < -0.3 is 27.0 Å². The number of piperazine rings is 1. The summed E-state index contributed by atoms with van der Waals surface area (Å²) in [5.41, 5.74) is 13.8. The molecule has 0 aromatic heterocycles. The molecule has 1 saturated heterocycles. The Morgan fingerprint density at radius 1 is 1.15 bits per heavy atom. The van der Waals surface area contributed by atoms with Crippen molar-refractivity contribution in [3.05, 3.63) is 81.9 Å². The number of nitrogens with zero attached hydrogens (tertiary/aromatic N) is 2. The molecule has 3 rings (SSSR count). The highest BCUT2D eigenvalue weighted by Crippen LogP contribution is 2.28. The molecule has 1 aromatic rings. The predicted molar refractivity (Wildman–Crippen MR) is 158 cm³/mol. The number of likely N-dealkylation sites (N-methyl/N-ethyl adjacent to an activating group) is 1. The first-order valence-corrected chi connectivity index (χ1v) is 13.9. The van der Waals surface area contributed by atoms with Gasteiger partial charge in [-0.2, -0.15) is 13.2 Å². The Hall–Kier alpha value is -3.68. The van der Waals surface area contributed by atoms with Crippen molar-refractivity contribution in [2.75, 3.05) is 46.3 Å². The molecule has 0 unspecified atom stereocenters. The minimum Gasteiger partial charge on any atom is -0.392 e. The maximum atomic E-state index is 13.5. The van der Waals surface area contributed by atoms with Gasteiger partial charge in [-0.05, 0) is 81.5 Å². The number of allylic oxidation sites excluding steroid dienone is 4. The largest absolute Gasteiger partial charge is 0.412 e.